The van der Waals surface area contributed by atoms with Crippen LogP contribution in [0.4, 0.5) is 0 Å². The van der Waals surface area contributed by atoms with Crippen molar-refractivity contribution >= 4 is 5.91 Å². The Labute approximate surface area is 194 Å². The van der Waals surface area contributed by atoms with Crippen molar-refractivity contribution in [3.63, 3.8) is 0 Å². The molecule has 1 saturated carbocycles. The molecule has 170 valence electrons. The average molecular weight is 443 g/mol. The van der Waals surface area contributed by atoms with E-state index in [0.29, 0.717) is 24.2 Å². The second-order valence-corrected chi connectivity index (χ2v) is 9.07. The van der Waals surface area contributed by atoms with Gasteiger partial charge in [-0.2, -0.15) is 4.98 Å². The summed E-state index contributed by atoms with van der Waals surface area (Å²) in [5.41, 5.74) is 4.24. The van der Waals surface area contributed by atoms with Crippen molar-refractivity contribution in [2.75, 3.05) is 13.2 Å². The zero-order valence-corrected chi connectivity index (χ0v) is 18.9. The highest BCUT2D eigenvalue weighted by Gasteiger charge is 2.28. The van der Waals surface area contributed by atoms with E-state index in [4.69, 9.17) is 14.7 Å². The predicted octanol–water partition coefficient (Wildman–Crippen LogP) is 4.18. The number of amides is 1. The maximum absolute atomic E-state index is 12.9. The number of carbonyl (C=O) groups excluding carboxylic acids is 1. The molecule has 0 saturated heterocycles. The number of aryl methyl sites for hydroxylation is 1. The van der Waals surface area contributed by atoms with Crippen molar-refractivity contribution in [1.82, 2.24) is 20.3 Å². The molecule has 0 aliphatic heterocycles. The van der Waals surface area contributed by atoms with E-state index >= 15 is 0 Å². The van der Waals surface area contributed by atoms with Crippen molar-refractivity contribution in [3.8, 4) is 17.3 Å². The Hall–Kier alpha value is -3.28. The largest absolute Gasteiger partial charge is 0.477 e. The first-order chi connectivity index (χ1) is 16.3. The smallest absolute Gasteiger partial charge is 0.223 e. The summed E-state index contributed by atoms with van der Waals surface area (Å²) in [5, 5.41) is 3.12. The van der Waals surface area contributed by atoms with E-state index in [1.54, 1.807) is 6.20 Å². The minimum Gasteiger partial charge on any atom is -0.477 e. The van der Waals surface area contributed by atoms with Crippen LogP contribution >= 0.6 is 0 Å². The molecule has 1 amide bonds. The standard InChI is InChI=1S/C27H30N4O2/c32-26(29-16-14-19-5-4-15-28-17-19)22-10-12-23-24(13-11-22)30-25(21-6-2-1-3-7-21)31-27(23)33-18-20-8-9-20/h1-7,15,17,20,22H,8-14,16,18H2,(H,29,32). The van der Waals surface area contributed by atoms with Gasteiger partial charge in [-0.15, -0.1) is 0 Å². The normalized spacial score (nSPS) is 17.6. The lowest BCUT2D eigenvalue weighted by Crippen LogP contribution is -2.32. The molecule has 0 radical (unpaired) electrons. The molecule has 6 nitrogen and oxygen atoms in total. The van der Waals surface area contributed by atoms with Crippen molar-refractivity contribution in [2.45, 2.75) is 44.9 Å². The van der Waals surface area contributed by atoms with Crippen molar-refractivity contribution in [1.29, 1.82) is 0 Å². The van der Waals surface area contributed by atoms with Crippen LogP contribution in [0.1, 0.15) is 42.5 Å². The number of hydrogen-bond donors (Lipinski definition) is 1. The van der Waals surface area contributed by atoms with Crippen molar-refractivity contribution in [2.24, 2.45) is 11.8 Å². The molecule has 2 aromatic heterocycles. The summed E-state index contributed by atoms with van der Waals surface area (Å²) < 4.78 is 6.20. The first kappa shape index (κ1) is 21.6. The number of carbonyl (C=O) groups is 1. The summed E-state index contributed by atoms with van der Waals surface area (Å²) in [6, 6.07) is 14.0. The van der Waals surface area contributed by atoms with E-state index in [0.717, 1.165) is 61.1 Å². The summed E-state index contributed by atoms with van der Waals surface area (Å²) in [5.74, 6) is 2.18. The molecule has 2 aliphatic rings. The minimum absolute atomic E-state index is 0.0236. The number of ether oxygens (including phenoxy) is 1. The summed E-state index contributed by atoms with van der Waals surface area (Å²) in [7, 11) is 0. The first-order valence-corrected chi connectivity index (χ1v) is 12.0. The van der Waals surface area contributed by atoms with Gasteiger partial charge in [-0.3, -0.25) is 9.78 Å². The van der Waals surface area contributed by atoms with Crippen LogP contribution in [0.5, 0.6) is 5.88 Å². The van der Waals surface area contributed by atoms with Crippen LogP contribution in [0, 0.1) is 11.8 Å². The third kappa shape index (κ3) is 5.56. The Morgan fingerprint density at radius 2 is 1.85 bits per heavy atom. The Morgan fingerprint density at radius 3 is 2.64 bits per heavy atom. The molecule has 33 heavy (non-hydrogen) atoms. The molecule has 2 aliphatic carbocycles. The summed E-state index contributed by atoms with van der Waals surface area (Å²) in [6.45, 7) is 1.34. The SMILES string of the molecule is O=C(NCCc1cccnc1)C1CCc2nc(-c3ccccc3)nc(OCC3CC3)c2CC1. The average Bonchev–Trinajstić information content (AvgIpc) is 3.70. The van der Waals surface area contributed by atoms with Gasteiger partial charge in [-0.05, 0) is 62.5 Å². The molecule has 0 bridgehead atoms. The predicted molar refractivity (Wildman–Crippen MR) is 127 cm³/mol. The van der Waals surface area contributed by atoms with Gasteiger partial charge in [-0.1, -0.05) is 36.4 Å². The Bertz CT molecular complexity index is 1080. The number of hydrogen-bond acceptors (Lipinski definition) is 5. The van der Waals surface area contributed by atoms with Crippen LogP contribution in [-0.2, 0) is 24.1 Å². The molecule has 6 heteroatoms. The van der Waals surface area contributed by atoms with Crippen LogP contribution in [-0.4, -0.2) is 34.0 Å². The first-order valence-electron chi connectivity index (χ1n) is 12.0. The van der Waals surface area contributed by atoms with Crippen LogP contribution in [0.15, 0.2) is 54.9 Å². The van der Waals surface area contributed by atoms with Gasteiger partial charge in [0.25, 0.3) is 0 Å². The highest BCUT2D eigenvalue weighted by Crippen LogP contribution is 2.34. The van der Waals surface area contributed by atoms with Gasteiger partial charge in [-0.25, -0.2) is 4.98 Å². The molecular formula is C27H30N4O2. The fraction of sp³-hybridized carbons (Fsp3) is 0.407. The molecule has 1 atom stereocenters. The number of pyridine rings is 1. The van der Waals surface area contributed by atoms with Crippen LogP contribution in [0.3, 0.4) is 0 Å². The summed E-state index contributed by atoms with van der Waals surface area (Å²) >= 11 is 0. The second kappa shape index (κ2) is 10.1. The van der Waals surface area contributed by atoms with E-state index < -0.39 is 0 Å². The van der Waals surface area contributed by atoms with E-state index in [2.05, 4.69) is 10.3 Å². The molecule has 0 spiro atoms. The quantitative estimate of drug-likeness (QED) is 0.530. The van der Waals surface area contributed by atoms with Gasteiger partial charge in [0.15, 0.2) is 5.82 Å². The van der Waals surface area contributed by atoms with Crippen LogP contribution < -0.4 is 10.1 Å². The van der Waals surface area contributed by atoms with Gasteiger partial charge in [0, 0.05) is 36.0 Å². The fourth-order valence-electron chi connectivity index (χ4n) is 4.34. The van der Waals surface area contributed by atoms with E-state index in [-0.39, 0.29) is 11.8 Å². The molecule has 1 fully saturated rings. The van der Waals surface area contributed by atoms with Gasteiger partial charge < -0.3 is 10.1 Å². The highest BCUT2D eigenvalue weighted by atomic mass is 16.5. The third-order valence-corrected chi connectivity index (χ3v) is 6.52. The minimum atomic E-state index is -0.0236. The number of aromatic nitrogens is 3. The van der Waals surface area contributed by atoms with Crippen LogP contribution in [0.2, 0.25) is 0 Å². The van der Waals surface area contributed by atoms with Gasteiger partial charge in [0.2, 0.25) is 11.8 Å². The molecule has 1 N–H and O–H groups in total. The summed E-state index contributed by atoms with van der Waals surface area (Å²) in [6.07, 6.45) is 9.99. The zero-order valence-electron chi connectivity index (χ0n) is 18.9. The molecule has 3 aromatic rings. The van der Waals surface area contributed by atoms with Crippen molar-refractivity contribution in [3.05, 3.63) is 71.7 Å². The van der Waals surface area contributed by atoms with Gasteiger partial charge in [0.05, 0.1) is 12.3 Å². The topological polar surface area (TPSA) is 77.0 Å². The molecule has 2 heterocycles. The lowest BCUT2D eigenvalue weighted by atomic mass is 9.98. The van der Waals surface area contributed by atoms with Gasteiger partial charge >= 0.3 is 0 Å². The molecular weight excluding hydrogens is 412 g/mol. The maximum Gasteiger partial charge on any atom is 0.223 e. The zero-order chi connectivity index (χ0) is 22.5. The Morgan fingerprint density at radius 1 is 1.00 bits per heavy atom. The van der Waals surface area contributed by atoms with E-state index in [9.17, 15) is 4.79 Å². The number of fused-ring (bicyclic) bond motifs is 1. The fourth-order valence-corrected chi connectivity index (χ4v) is 4.34. The summed E-state index contributed by atoms with van der Waals surface area (Å²) in [4.78, 5) is 26.8. The lowest BCUT2D eigenvalue weighted by Gasteiger charge is -2.14. The lowest BCUT2D eigenvalue weighted by molar-refractivity contribution is -0.125. The number of benzene rings is 1. The highest BCUT2D eigenvalue weighted by molar-refractivity contribution is 5.78. The Balaban J connectivity index is 1.28. The van der Waals surface area contributed by atoms with Crippen LogP contribution in [0.25, 0.3) is 11.4 Å². The van der Waals surface area contributed by atoms with E-state index in [1.807, 2.05) is 48.7 Å². The molecule has 1 aromatic carbocycles. The maximum atomic E-state index is 12.9. The Kier molecular flexibility index (Phi) is 6.61. The number of rotatable bonds is 8. The second-order valence-electron chi connectivity index (χ2n) is 9.07. The molecule has 5 rings (SSSR count). The molecule has 1 unspecified atom stereocenters. The van der Waals surface area contributed by atoms with E-state index in [1.165, 1.54) is 12.8 Å². The third-order valence-electron chi connectivity index (χ3n) is 6.52. The number of nitrogens with one attached hydrogen (secondary N) is 1. The number of nitrogens with zero attached hydrogens (tertiary/aromatic N) is 3. The monoisotopic (exact) mass is 442 g/mol. The van der Waals surface area contributed by atoms with Crippen molar-refractivity contribution < 1.29 is 9.53 Å². The van der Waals surface area contributed by atoms with Gasteiger partial charge in [0.1, 0.15) is 0 Å².